The maximum absolute atomic E-state index is 11.0. The number of carboxylic acid groups (broad SMARTS) is 1. The molecule has 0 spiro atoms. The molecule has 0 bridgehead atoms. The number of carbonyl (C=O) groups is 1. The maximum Gasteiger partial charge on any atom is 0.320 e. The lowest BCUT2D eigenvalue weighted by Gasteiger charge is -2.30. The Morgan fingerprint density at radius 1 is 1.61 bits per heavy atom. The summed E-state index contributed by atoms with van der Waals surface area (Å²) in [6, 6.07) is 7.10. The Labute approximate surface area is 105 Å². The van der Waals surface area contributed by atoms with Crippen LogP contribution in [0.1, 0.15) is 18.4 Å². The van der Waals surface area contributed by atoms with Crippen LogP contribution in [0.2, 0.25) is 0 Å². The number of aliphatic carboxylic acids is 1. The van der Waals surface area contributed by atoms with Crippen molar-refractivity contribution < 1.29 is 14.6 Å². The van der Waals surface area contributed by atoms with Crippen molar-refractivity contribution in [3.05, 3.63) is 29.8 Å². The van der Waals surface area contributed by atoms with Crippen molar-refractivity contribution in [3.63, 3.8) is 0 Å². The average Bonchev–Trinajstić information content (AvgIpc) is 2.84. The van der Waals surface area contributed by atoms with Crippen LogP contribution in [0.3, 0.4) is 0 Å². The van der Waals surface area contributed by atoms with E-state index in [9.17, 15) is 4.79 Å². The highest BCUT2D eigenvalue weighted by molar-refractivity contribution is 5.74. The van der Waals surface area contributed by atoms with E-state index in [2.05, 4.69) is 5.32 Å². The van der Waals surface area contributed by atoms with Crippen molar-refractivity contribution in [1.29, 1.82) is 0 Å². The average molecular weight is 248 g/mol. The lowest BCUT2D eigenvalue weighted by molar-refractivity contribution is -0.140. The maximum atomic E-state index is 11.0. The van der Waals surface area contributed by atoms with Crippen molar-refractivity contribution in [3.8, 4) is 0 Å². The Morgan fingerprint density at radius 3 is 3.17 bits per heavy atom. The van der Waals surface area contributed by atoms with Crippen LogP contribution >= 0.6 is 0 Å². The fraction of sp³-hybridized carbons (Fsp3) is 0.462. The summed E-state index contributed by atoms with van der Waals surface area (Å²) in [7, 11) is 0. The number of nitrogens with one attached hydrogen (secondary N) is 1. The van der Waals surface area contributed by atoms with Gasteiger partial charge in [0.2, 0.25) is 0 Å². The van der Waals surface area contributed by atoms with Crippen LogP contribution in [0.25, 0.3) is 0 Å². The third-order valence-electron chi connectivity index (χ3n) is 3.88. The van der Waals surface area contributed by atoms with Gasteiger partial charge in [0.05, 0.1) is 6.04 Å². The van der Waals surface area contributed by atoms with Gasteiger partial charge >= 0.3 is 5.97 Å². The number of ether oxygens (including phenoxy) is 1. The highest BCUT2D eigenvalue weighted by atomic mass is 16.5. The van der Waals surface area contributed by atoms with Crippen molar-refractivity contribution in [2.24, 2.45) is 5.73 Å². The first-order valence-corrected chi connectivity index (χ1v) is 6.12. The van der Waals surface area contributed by atoms with E-state index in [1.165, 1.54) is 0 Å². The quantitative estimate of drug-likeness (QED) is 0.740. The number of para-hydroxylation sites is 1. The smallest absolute Gasteiger partial charge is 0.320 e. The number of carboxylic acids is 1. The minimum absolute atomic E-state index is 0.125. The summed E-state index contributed by atoms with van der Waals surface area (Å²) in [5.74, 6) is -0.983. The molecule has 0 saturated carbocycles. The van der Waals surface area contributed by atoms with E-state index >= 15 is 0 Å². The zero-order valence-corrected chi connectivity index (χ0v) is 9.93. The van der Waals surface area contributed by atoms with Crippen molar-refractivity contribution in [2.45, 2.75) is 30.5 Å². The number of nitrogens with two attached hydrogens (primary N) is 1. The van der Waals surface area contributed by atoms with Gasteiger partial charge in [-0.3, -0.25) is 4.79 Å². The minimum atomic E-state index is -0.983. The highest BCUT2D eigenvalue weighted by Crippen LogP contribution is 2.49. The van der Waals surface area contributed by atoms with E-state index in [4.69, 9.17) is 15.6 Å². The Balaban J connectivity index is 1.99. The molecule has 0 aliphatic carbocycles. The fourth-order valence-electron chi connectivity index (χ4n) is 3.04. The van der Waals surface area contributed by atoms with Crippen LogP contribution in [-0.4, -0.2) is 29.8 Å². The molecule has 18 heavy (non-hydrogen) atoms. The fourth-order valence-corrected chi connectivity index (χ4v) is 3.04. The topological polar surface area (TPSA) is 84.6 Å². The normalized spacial score (nSPS) is 30.4. The molecule has 0 amide bonds. The van der Waals surface area contributed by atoms with Gasteiger partial charge in [-0.25, -0.2) is 0 Å². The second-order valence-electron chi connectivity index (χ2n) is 4.92. The highest BCUT2D eigenvalue weighted by Gasteiger charge is 2.52. The molecule has 2 heterocycles. The second kappa shape index (κ2) is 3.96. The number of anilines is 1. The number of rotatable bonds is 3. The molecule has 0 radical (unpaired) electrons. The van der Waals surface area contributed by atoms with E-state index < -0.39 is 17.6 Å². The standard InChI is InChI=1S/C13H16N2O3/c14-9(12(16)17)7-13-8-3-1-2-4-10(8)15-11(13)5-6-18-13/h1-4,9,11,15H,5-7,14H2,(H,16,17)/t9-,11-,13+/m0/s1. The van der Waals surface area contributed by atoms with Gasteiger partial charge in [-0.1, -0.05) is 18.2 Å². The zero-order chi connectivity index (χ0) is 12.8. The lowest BCUT2D eigenvalue weighted by atomic mass is 9.84. The first-order valence-electron chi connectivity index (χ1n) is 6.12. The van der Waals surface area contributed by atoms with Crippen LogP contribution in [0.5, 0.6) is 0 Å². The van der Waals surface area contributed by atoms with Gasteiger partial charge in [-0.05, 0) is 12.5 Å². The van der Waals surface area contributed by atoms with Gasteiger partial charge in [0, 0.05) is 24.3 Å². The van der Waals surface area contributed by atoms with Gasteiger partial charge in [-0.2, -0.15) is 0 Å². The van der Waals surface area contributed by atoms with E-state index in [0.29, 0.717) is 13.0 Å². The molecule has 1 aromatic carbocycles. The Bertz CT molecular complexity index is 491. The van der Waals surface area contributed by atoms with E-state index in [-0.39, 0.29) is 6.04 Å². The van der Waals surface area contributed by atoms with Gasteiger partial charge in [0.25, 0.3) is 0 Å². The molecule has 2 aliphatic rings. The third-order valence-corrected chi connectivity index (χ3v) is 3.88. The van der Waals surface area contributed by atoms with Crippen molar-refractivity contribution in [2.75, 3.05) is 11.9 Å². The molecular formula is C13H16N2O3. The summed E-state index contributed by atoms with van der Waals surface area (Å²) in [6.07, 6.45) is 1.18. The molecule has 3 atom stereocenters. The van der Waals surface area contributed by atoms with Crippen LogP contribution in [0, 0.1) is 0 Å². The Hall–Kier alpha value is -1.59. The summed E-state index contributed by atoms with van der Waals surface area (Å²) in [6.45, 7) is 0.637. The SMILES string of the molecule is N[C@@H](C[C@]12OCC[C@@H]1Nc1ccccc12)C(=O)O. The van der Waals surface area contributed by atoms with Gasteiger partial charge in [-0.15, -0.1) is 0 Å². The molecular weight excluding hydrogens is 232 g/mol. The van der Waals surface area contributed by atoms with Gasteiger partial charge < -0.3 is 20.9 Å². The molecule has 1 aromatic rings. The number of fused-ring (bicyclic) bond motifs is 3. The monoisotopic (exact) mass is 248 g/mol. The van der Waals surface area contributed by atoms with Crippen LogP contribution < -0.4 is 11.1 Å². The molecule has 5 nitrogen and oxygen atoms in total. The van der Waals surface area contributed by atoms with E-state index in [1.807, 2.05) is 24.3 Å². The lowest BCUT2D eigenvalue weighted by Crippen LogP contribution is -2.44. The van der Waals surface area contributed by atoms with Crippen LogP contribution in [0.15, 0.2) is 24.3 Å². The summed E-state index contributed by atoms with van der Waals surface area (Å²) in [5, 5.41) is 12.4. The van der Waals surface area contributed by atoms with Crippen LogP contribution in [0.4, 0.5) is 5.69 Å². The molecule has 1 fully saturated rings. The Kier molecular flexibility index (Phi) is 2.53. The molecule has 5 heteroatoms. The first-order chi connectivity index (χ1) is 8.63. The van der Waals surface area contributed by atoms with Crippen molar-refractivity contribution >= 4 is 11.7 Å². The predicted molar refractivity (Wildman–Crippen MR) is 66.3 cm³/mol. The Morgan fingerprint density at radius 2 is 2.39 bits per heavy atom. The van der Waals surface area contributed by atoms with Gasteiger partial charge in [0.1, 0.15) is 11.6 Å². The number of hydrogen-bond acceptors (Lipinski definition) is 4. The summed E-state index contributed by atoms with van der Waals surface area (Å²) < 4.78 is 5.91. The molecule has 0 unspecified atom stereocenters. The molecule has 3 rings (SSSR count). The number of benzene rings is 1. The largest absolute Gasteiger partial charge is 0.480 e. The first kappa shape index (κ1) is 11.5. The molecule has 96 valence electrons. The molecule has 2 aliphatic heterocycles. The number of hydrogen-bond donors (Lipinski definition) is 3. The predicted octanol–water partition coefficient (Wildman–Crippen LogP) is 0.898. The van der Waals surface area contributed by atoms with E-state index in [0.717, 1.165) is 17.7 Å². The summed E-state index contributed by atoms with van der Waals surface area (Å²) in [4.78, 5) is 11.0. The molecule has 4 N–H and O–H groups in total. The van der Waals surface area contributed by atoms with Crippen LogP contribution in [-0.2, 0) is 15.1 Å². The second-order valence-corrected chi connectivity index (χ2v) is 4.92. The third kappa shape index (κ3) is 1.51. The van der Waals surface area contributed by atoms with Gasteiger partial charge in [0.15, 0.2) is 0 Å². The minimum Gasteiger partial charge on any atom is -0.480 e. The van der Waals surface area contributed by atoms with Crippen molar-refractivity contribution in [1.82, 2.24) is 0 Å². The summed E-state index contributed by atoms with van der Waals surface area (Å²) in [5.41, 5.74) is 7.18. The molecule has 1 saturated heterocycles. The molecule has 0 aromatic heterocycles. The summed E-state index contributed by atoms with van der Waals surface area (Å²) >= 11 is 0. The zero-order valence-electron chi connectivity index (χ0n) is 9.93. The van der Waals surface area contributed by atoms with E-state index in [1.54, 1.807) is 0 Å².